The fourth-order valence-corrected chi connectivity index (χ4v) is 5.34. The third kappa shape index (κ3) is 2.49. The molecule has 0 aromatic heterocycles. The molecule has 0 spiro atoms. The maximum atomic E-state index is 13.6. The van der Waals surface area contributed by atoms with Crippen LogP contribution in [0.1, 0.15) is 32.6 Å². The van der Waals surface area contributed by atoms with Gasteiger partial charge in [-0.1, -0.05) is 18.6 Å². The molecule has 2 aliphatic carbocycles. The van der Waals surface area contributed by atoms with Gasteiger partial charge in [0, 0.05) is 6.04 Å². The molecule has 0 heterocycles. The van der Waals surface area contributed by atoms with Crippen molar-refractivity contribution in [2.24, 2.45) is 17.8 Å². The number of benzene rings is 1. The number of hydrogen-bond acceptors (Lipinski definition) is 2. The standard InChI is InChI=1S/C15H20FNO2S/c1-10(13-9-11-6-7-12(13)8-11)17-20(18,19)15-5-3-2-4-14(15)16/h2-5,10-13,17H,6-9H2,1H3/t10-,11-,12-,13-/m0/s1. The van der Waals surface area contributed by atoms with Crippen molar-refractivity contribution >= 4 is 10.0 Å². The van der Waals surface area contributed by atoms with Crippen molar-refractivity contribution in [1.29, 1.82) is 0 Å². The van der Waals surface area contributed by atoms with E-state index in [-0.39, 0.29) is 10.9 Å². The van der Waals surface area contributed by atoms with Gasteiger partial charge in [-0.25, -0.2) is 17.5 Å². The molecule has 2 bridgehead atoms. The van der Waals surface area contributed by atoms with Crippen LogP contribution in [0.2, 0.25) is 0 Å². The fourth-order valence-electron chi connectivity index (χ4n) is 3.96. The second kappa shape index (κ2) is 5.11. The topological polar surface area (TPSA) is 46.2 Å². The maximum absolute atomic E-state index is 13.6. The van der Waals surface area contributed by atoms with Gasteiger partial charge in [-0.3, -0.25) is 0 Å². The van der Waals surface area contributed by atoms with Crippen molar-refractivity contribution < 1.29 is 12.8 Å². The van der Waals surface area contributed by atoms with E-state index in [4.69, 9.17) is 0 Å². The highest BCUT2D eigenvalue weighted by molar-refractivity contribution is 7.89. The maximum Gasteiger partial charge on any atom is 0.243 e. The highest BCUT2D eigenvalue weighted by atomic mass is 32.2. The van der Waals surface area contributed by atoms with E-state index in [2.05, 4.69) is 4.72 Å². The first kappa shape index (κ1) is 14.0. The molecule has 2 fully saturated rings. The van der Waals surface area contributed by atoms with Crippen LogP contribution in [-0.2, 0) is 10.0 Å². The lowest BCUT2D eigenvalue weighted by atomic mass is 9.84. The molecule has 0 aliphatic heterocycles. The van der Waals surface area contributed by atoms with E-state index in [1.54, 1.807) is 6.07 Å². The predicted molar refractivity (Wildman–Crippen MR) is 75.1 cm³/mol. The first-order chi connectivity index (χ1) is 9.47. The second-order valence-corrected chi connectivity index (χ2v) is 7.86. The zero-order chi connectivity index (χ0) is 14.3. The minimum absolute atomic E-state index is 0.130. The number of nitrogens with one attached hydrogen (secondary N) is 1. The Balaban J connectivity index is 1.75. The third-order valence-corrected chi connectivity index (χ3v) is 6.49. The number of fused-ring (bicyclic) bond motifs is 2. The number of rotatable bonds is 4. The van der Waals surface area contributed by atoms with Gasteiger partial charge in [-0.05, 0) is 56.1 Å². The molecule has 5 heteroatoms. The van der Waals surface area contributed by atoms with Gasteiger partial charge in [-0.2, -0.15) is 0 Å². The van der Waals surface area contributed by atoms with Crippen molar-refractivity contribution in [3.8, 4) is 0 Å². The van der Waals surface area contributed by atoms with Crippen LogP contribution in [0.4, 0.5) is 4.39 Å². The molecule has 2 saturated carbocycles. The molecule has 0 saturated heterocycles. The molecule has 110 valence electrons. The van der Waals surface area contributed by atoms with Gasteiger partial charge in [0.1, 0.15) is 10.7 Å². The molecule has 0 amide bonds. The van der Waals surface area contributed by atoms with E-state index in [1.165, 1.54) is 37.5 Å². The highest BCUT2D eigenvalue weighted by Crippen LogP contribution is 2.49. The molecule has 0 unspecified atom stereocenters. The monoisotopic (exact) mass is 297 g/mol. The van der Waals surface area contributed by atoms with Crippen molar-refractivity contribution in [3.05, 3.63) is 30.1 Å². The van der Waals surface area contributed by atoms with Crippen LogP contribution in [0.5, 0.6) is 0 Å². The molecule has 2 aliphatic rings. The molecule has 1 aromatic rings. The normalized spacial score (nSPS) is 30.6. The van der Waals surface area contributed by atoms with Crippen LogP contribution in [0.3, 0.4) is 0 Å². The molecule has 3 rings (SSSR count). The first-order valence-corrected chi connectivity index (χ1v) is 8.72. The molecule has 0 radical (unpaired) electrons. The van der Waals surface area contributed by atoms with E-state index in [0.717, 1.165) is 12.3 Å². The van der Waals surface area contributed by atoms with Crippen LogP contribution in [-0.4, -0.2) is 14.5 Å². The van der Waals surface area contributed by atoms with E-state index >= 15 is 0 Å². The fraction of sp³-hybridized carbons (Fsp3) is 0.600. The Kier molecular flexibility index (Phi) is 3.58. The SMILES string of the molecule is C[C@H](NS(=O)(=O)c1ccccc1F)[C@@H]1C[C@H]2CC[C@H]1C2. The Labute approximate surface area is 119 Å². The van der Waals surface area contributed by atoms with E-state index in [9.17, 15) is 12.8 Å². The number of hydrogen-bond donors (Lipinski definition) is 1. The summed E-state index contributed by atoms with van der Waals surface area (Å²) < 4.78 is 40.9. The largest absolute Gasteiger partial charge is 0.243 e. The number of sulfonamides is 1. The lowest BCUT2D eigenvalue weighted by Crippen LogP contribution is -2.40. The Morgan fingerprint density at radius 1 is 1.25 bits per heavy atom. The average molecular weight is 297 g/mol. The van der Waals surface area contributed by atoms with Crippen LogP contribution in [0.25, 0.3) is 0 Å². The Bertz CT molecular complexity index is 602. The Morgan fingerprint density at radius 2 is 2.00 bits per heavy atom. The molecule has 4 atom stereocenters. The van der Waals surface area contributed by atoms with Gasteiger partial charge in [0.25, 0.3) is 0 Å². The smallest absolute Gasteiger partial charge is 0.208 e. The van der Waals surface area contributed by atoms with Gasteiger partial charge in [-0.15, -0.1) is 0 Å². The quantitative estimate of drug-likeness (QED) is 0.929. The summed E-state index contributed by atoms with van der Waals surface area (Å²) in [4.78, 5) is -0.255. The lowest BCUT2D eigenvalue weighted by molar-refractivity contribution is 0.280. The zero-order valence-corrected chi connectivity index (χ0v) is 12.4. The summed E-state index contributed by atoms with van der Waals surface area (Å²) in [7, 11) is -3.77. The zero-order valence-electron chi connectivity index (χ0n) is 11.5. The number of halogens is 1. The molecule has 1 aromatic carbocycles. The van der Waals surface area contributed by atoms with E-state index in [1.807, 2.05) is 6.92 Å². The molecule has 3 nitrogen and oxygen atoms in total. The van der Waals surface area contributed by atoms with Crippen LogP contribution >= 0.6 is 0 Å². The van der Waals surface area contributed by atoms with Crippen LogP contribution in [0, 0.1) is 23.6 Å². The van der Waals surface area contributed by atoms with Crippen LogP contribution < -0.4 is 4.72 Å². The molecular formula is C15H20FNO2S. The Morgan fingerprint density at radius 3 is 2.60 bits per heavy atom. The summed E-state index contributed by atoms with van der Waals surface area (Å²) in [6.45, 7) is 1.91. The van der Waals surface area contributed by atoms with Gasteiger partial charge in [0.05, 0.1) is 0 Å². The van der Waals surface area contributed by atoms with E-state index in [0.29, 0.717) is 11.8 Å². The molecular weight excluding hydrogens is 277 g/mol. The van der Waals surface area contributed by atoms with Crippen molar-refractivity contribution in [3.63, 3.8) is 0 Å². The predicted octanol–water partition coefficient (Wildman–Crippen LogP) is 2.93. The minimum Gasteiger partial charge on any atom is -0.208 e. The van der Waals surface area contributed by atoms with Crippen molar-refractivity contribution in [2.45, 2.75) is 43.5 Å². The second-order valence-electron chi connectivity index (χ2n) is 6.18. The summed E-state index contributed by atoms with van der Waals surface area (Å²) >= 11 is 0. The summed E-state index contributed by atoms with van der Waals surface area (Å²) in [5.74, 6) is 1.11. The lowest BCUT2D eigenvalue weighted by Gasteiger charge is -2.28. The van der Waals surface area contributed by atoms with Gasteiger partial charge < -0.3 is 0 Å². The van der Waals surface area contributed by atoms with Crippen molar-refractivity contribution in [2.75, 3.05) is 0 Å². The summed E-state index contributed by atoms with van der Waals surface area (Å²) in [6, 6.07) is 5.39. The summed E-state index contributed by atoms with van der Waals surface area (Å²) in [5, 5.41) is 0. The van der Waals surface area contributed by atoms with Crippen molar-refractivity contribution in [1.82, 2.24) is 4.72 Å². The summed E-state index contributed by atoms with van der Waals surface area (Å²) in [6.07, 6.45) is 4.83. The highest BCUT2D eigenvalue weighted by Gasteiger charge is 2.42. The van der Waals surface area contributed by atoms with Gasteiger partial charge >= 0.3 is 0 Å². The first-order valence-electron chi connectivity index (χ1n) is 7.24. The van der Waals surface area contributed by atoms with Gasteiger partial charge in [0.2, 0.25) is 10.0 Å². The van der Waals surface area contributed by atoms with E-state index < -0.39 is 15.8 Å². The third-order valence-electron chi connectivity index (χ3n) is 4.90. The molecule has 1 N–H and O–H groups in total. The molecule has 20 heavy (non-hydrogen) atoms. The summed E-state index contributed by atoms with van der Waals surface area (Å²) in [5.41, 5.74) is 0. The van der Waals surface area contributed by atoms with Gasteiger partial charge in [0.15, 0.2) is 0 Å². The van der Waals surface area contributed by atoms with Crippen LogP contribution in [0.15, 0.2) is 29.2 Å². The Hall–Kier alpha value is -0.940. The minimum atomic E-state index is -3.77. The average Bonchev–Trinajstić information content (AvgIpc) is 3.00.